The van der Waals surface area contributed by atoms with Crippen molar-refractivity contribution in [2.45, 2.75) is 267 Å². The first kappa shape index (κ1) is 85.4. The summed E-state index contributed by atoms with van der Waals surface area (Å²) >= 11 is 0. The number of nitrogens with one attached hydrogen (secondary N) is 3. The van der Waals surface area contributed by atoms with E-state index in [0.717, 1.165) is 25.7 Å². The van der Waals surface area contributed by atoms with Crippen LogP contribution in [0.1, 0.15) is 195 Å². The number of alkyl halides is 3. The van der Waals surface area contributed by atoms with Gasteiger partial charge in [-0.2, -0.15) is 13.2 Å². The molecule has 6 fully saturated rings. The normalized spacial score (nSPS) is 32.3. The van der Waals surface area contributed by atoms with E-state index in [2.05, 4.69) is 28.1 Å². The molecule has 0 aromatic rings. The molecule has 29 heteroatoms. The fraction of sp³-hybridized carbons (Fsp3) is 0.795. The van der Waals surface area contributed by atoms with Gasteiger partial charge in [0.05, 0.1) is 37.6 Å². The Labute approximate surface area is 631 Å². The average molecular weight is 1510 g/mol. The molecule has 13 atom stereocenters. The number of hydrogen-bond donors (Lipinski definition) is 3. The summed E-state index contributed by atoms with van der Waals surface area (Å²) in [6.45, 7) is 6.32. The van der Waals surface area contributed by atoms with Crippen molar-refractivity contribution in [3.63, 3.8) is 0 Å². The molecule has 600 valence electrons. The molecule has 11 rings (SSSR count). The highest BCUT2D eigenvalue weighted by atomic mass is 19.4. The number of allylic oxidation sites excluding steroid dienone is 2. The van der Waals surface area contributed by atoms with Gasteiger partial charge in [0, 0.05) is 89.1 Å². The average Bonchev–Trinajstić information content (AvgIpc) is 1.64. The van der Waals surface area contributed by atoms with E-state index >= 15 is 38.4 Å². The molecule has 2 saturated heterocycles. The van der Waals surface area contributed by atoms with Crippen LogP contribution in [0.25, 0.3) is 0 Å². The maximum absolute atomic E-state index is 15.7. The molecule has 0 radical (unpaired) electrons. The molecule has 4 saturated carbocycles. The minimum atomic E-state index is -4.52. The largest absolute Gasteiger partial charge is 0.394 e. The van der Waals surface area contributed by atoms with Crippen LogP contribution in [0.15, 0.2) is 24.3 Å². The lowest BCUT2D eigenvalue weighted by Crippen LogP contribution is -2.68. The third-order valence-electron chi connectivity index (χ3n) is 25.1. The molecule has 6 bridgehead atoms. The second-order valence-electron chi connectivity index (χ2n) is 32.0. The van der Waals surface area contributed by atoms with Crippen LogP contribution < -0.4 is 16.0 Å². The van der Waals surface area contributed by atoms with Gasteiger partial charge in [0.2, 0.25) is 70.9 Å². The van der Waals surface area contributed by atoms with Crippen LogP contribution in [-0.2, 0) is 67.0 Å². The Morgan fingerprint density at radius 2 is 1.32 bits per heavy atom. The van der Waals surface area contributed by atoms with Gasteiger partial charge in [0.15, 0.2) is 0 Å². The lowest BCUT2D eigenvalue weighted by molar-refractivity contribution is -0.215. The van der Waals surface area contributed by atoms with E-state index in [1.165, 1.54) is 93.5 Å². The second-order valence-corrected chi connectivity index (χ2v) is 32.0. The second kappa shape index (κ2) is 38.5. The number of nitrogens with zero attached hydrogens (tertiary/aromatic N) is 9. The summed E-state index contributed by atoms with van der Waals surface area (Å²) in [5.41, 5.74) is -1.58. The van der Waals surface area contributed by atoms with Crippen molar-refractivity contribution in [3.05, 3.63) is 24.3 Å². The number of hydrogen-bond acceptors (Lipinski definition) is 14. The van der Waals surface area contributed by atoms with Crippen LogP contribution >= 0.6 is 0 Å². The Morgan fingerprint density at radius 3 is 1.95 bits per heavy atom. The van der Waals surface area contributed by atoms with Crippen molar-refractivity contribution in [2.75, 3.05) is 95.8 Å². The third-order valence-corrected chi connectivity index (χ3v) is 25.1. The molecule has 107 heavy (non-hydrogen) atoms. The molecule has 0 aromatic heterocycles. The van der Waals surface area contributed by atoms with E-state index < -0.39 is 180 Å². The van der Waals surface area contributed by atoms with E-state index in [9.17, 15) is 32.3 Å². The Hall–Kier alpha value is -7.17. The SMILES string of the molecule is CCO[C@@H]1C[C@H]2C(=O)NC3(CCC3)C(=O)N(C)[C@@H](C3CCCC3)C(=O)N(C)[C@H](C(=O)N(C)CC)CC(=O)N(C)[C@H]3CCCC/C=C/C4CCC(CC4)C[C@@H](C(=O)N(C)CC(=O)N[C@@H](CCC4CCC(C(F)(F)F)C(OC)C4)C(=O)N2C1)N1CC/C=C\C[C@@H](C1=O)N(C)C(=O)CN(C)C(=O)[C@H]([C@@H](C)CC)NC3=O. The minimum Gasteiger partial charge on any atom is -0.381 e. The summed E-state index contributed by atoms with van der Waals surface area (Å²) in [4.78, 5) is 195. The molecule has 3 N–H and O–H groups in total. The summed E-state index contributed by atoms with van der Waals surface area (Å²) in [6, 6.07) is -10.1. The van der Waals surface area contributed by atoms with Crippen LogP contribution in [0, 0.1) is 35.5 Å². The quantitative estimate of drug-likeness (QED) is 0.200. The smallest absolute Gasteiger partial charge is 0.381 e. The zero-order chi connectivity index (χ0) is 78.4. The first-order chi connectivity index (χ1) is 50.8. The fourth-order valence-corrected chi connectivity index (χ4v) is 17.7. The van der Waals surface area contributed by atoms with Gasteiger partial charge in [0.1, 0.15) is 53.9 Å². The van der Waals surface area contributed by atoms with Gasteiger partial charge in [-0.1, -0.05) is 63.8 Å². The first-order valence-corrected chi connectivity index (χ1v) is 39.6. The van der Waals surface area contributed by atoms with Gasteiger partial charge in [-0.3, -0.25) is 57.5 Å². The zero-order valence-electron chi connectivity index (χ0n) is 65.5. The lowest BCUT2D eigenvalue weighted by Gasteiger charge is -2.46. The number of amides is 12. The fourth-order valence-electron chi connectivity index (χ4n) is 17.7. The van der Waals surface area contributed by atoms with Crippen LogP contribution in [0.4, 0.5) is 13.2 Å². The molecule has 0 aromatic carbocycles. The van der Waals surface area contributed by atoms with Crippen molar-refractivity contribution >= 4 is 70.9 Å². The van der Waals surface area contributed by atoms with Gasteiger partial charge in [-0.15, -0.1) is 0 Å². The number of halogens is 3. The minimum absolute atomic E-state index is 0.0144. The lowest BCUT2D eigenvalue weighted by atomic mass is 9.74. The summed E-state index contributed by atoms with van der Waals surface area (Å²) in [6.07, 6.45) is 10.1. The molecule has 12 amide bonds. The molecular formula is C78H123F3N12O14. The predicted octanol–water partition coefficient (Wildman–Crippen LogP) is 5.99. The Balaban J connectivity index is 1.24. The van der Waals surface area contributed by atoms with Gasteiger partial charge in [-0.25, -0.2) is 0 Å². The van der Waals surface area contributed by atoms with Gasteiger partial charge < -0.3 is 69.5 Å². The predicted molar refractivity (Wildman–Crippen MR) is 393 cm³/mol. The maximum atomic E-state index is 15.7. The van der Waals surface area contributed by atoms with E-state index in [1.54, 1.807) is 33.9 Å². The standard InChI is InChI=1S/C78H123F3N12O14/c1-13-49(4)66-74(103)87(7)48-65(96)89(9)58-30-21-18-24-41-92(73(58)102)61-42-51-33-31-50(32-34-51)26-19-16-17-20-29-57(68(97)83-66)88(8)64(95)45-60(71(100)85(5)14-2)90(10)75(104)67(53-27-22-23-28-53)91(11)76(105)77(39-25-40-77)84-69(98)59-44-54(107-15-3)46-93(59)70(99)56(82-63(94)47-86(6)72(61)101)38-36-52-35-37-55(78(79,80)81)62(43-52)106-12/h18-19,21,26,49-62,66-67H,13-17,20,22-25,27-48H2,1-12H3,(H,82,94)(H,83,97)(H,84,98)/b21-18-,26-19+/t49-,50?,51?,52?,54+,55?,56-,57-,58-,59-,60-,61-,62?,66-,67-/m0/s1. The molecule has 7 heterocycles. The highest BCUT2D eigenvalue weighted by Gasteiger charge is 2.55. The van der Waals surface area contributed by atoms with E-state index in [0.29, 0.717) is 64.2 Å². The van der Waals surface area contributed by atoms with Crippen LogP contribution in [0.2, 0.25) is 0 Å². The topological polar surface area (TPSA) is 289 Å². The molecule has 7 aliphatic heterocycles. The molecule has 4 aliphatic carbocycles. The van der Waals surface area contributed by atoms with Crippen LogP contribution in [-0.4, -0.2) is 283 Å². The van der Waals surface area contributed by atoms with E-state index in [-0.39, 0.29) is 115 Å². The highest BCUT2D eigenvalue weighted by molar-refractivity contribution is 6.01. The molecule has 26 nitrogen and oxygen atoms in total. The van der Waals surface area contributed by atoms with Crippen LogP contribution in [0.3, 0.4) is 0 Å². The van der Waals surface area contributed by atoms with Crippen molar-refractivity contribution in [1.82, 2.24) is 60.0 Å². The number of ether oxygens (including phenoxy) is 2. The third kappa shape index (κ3) is 20.8. The van der Waals surface area contributed by atoms with Gasteiger partial charge in [0.25, 0.3) is 0 Å². The number of carbonyl (C=O) groups excluding carboxylic acids is 12. The zero-order valence-corrected chi connectivity index (χ0v) is 65.5. The van der Waals surface area contributed by atoms with E-state index in [1.807, 2.05) is 13.0 Å². The van der Waals surface area contributed by atoms with Crippen molar-refractivity contribution < 1.29 is 80.2 Å². The van der Waals surface area contributed by atoms with Gasteiger partial charge >= 0.3 is 6.18 Å². The van der Waals surface area contributed by atoms with Crippen molar-refractivity contribution in [2.24, 2.45) is 35.5 Å². The summed E-state index contributed by atoms with van der Waals surface area (Å²) in [5, 5.41) is 8.92. The molecule has 3 unspecified atom stereocenters. The first-order valence-electron chi connectivity index (χ1n) is 39.6. The highest BCUT2D eigenvalue weighted by Crippen LogP contribution is 2.44. The molecular weight excluding hydrogens is 1390 g/mol. The molecule has 11 aliphatic rings. The van der Waals surface area contributed by atoms with Crippen LogP contribution in [0.5, 0.6) is 0 Å². The van der Waals surface area contributed by atoms with E-state index in [4.69, 9.17) is 9.47 Å². The monoisotopic (exact) mass is 1510 g/mol. The molecule has 1 spiro atoms. The summed E-state index contributed by atoms with van der Waals surface area (Å²) < 4.78 is 54.6. The number of carbonyl (C=O) groups is 12. The summed E-state index contributed by atoms with van der Waals surface area (Å²) in [7, 11) is 11.5. The Bertz CT molecular complexity index is 3210. The Morgan fingerprint density at radius 1 is 0.645 bits per heavy atom. The number of rotatable bonds is 11. The Kier molecular flexibility index (Phi) is 30.7. The summed E-state index contributed by atoms with van der Waals surface area (Å²) in [5.74, 6) is -10.5. The van der Waals surface area contributed by atoms with Crippen molar-refractivity contribution in [3.8, 4) is 0 Å². The number of methoxy groups -OCH3 is 1. The van der Waals surface area contributed by atoms with Gasteiger partial charge in [-0.05, 0) is 172 Å². The van der Waals surface area contributed by atoms with Crippen molar-refractivity contribution in [1.29, 1.82) is 0 Å². The maximum Gasteiger partial charge on any atom is 0.394 e. The number of likely N-dealkylation sites (N-methyl/N-ethyl adjacent to an activating group) is 7.